The second-order valence-electron chi connectivity index (χ2n) is 5.42. The summed E-state index contributed by atoms with van der Waals surface area (Å²) in [4.78, 5) is 1.27. The van der Waals surface area contributed by atoms with Crippen molar-refractivity contribution in [3.8, 4) is 5.75 Å². The third-order valence-corrected chi connectivity index (χ3v) is 5.37. The lowest BCUT2D eigenvalue weighted by molar-refractivity contribution is 0.296. The Morgan fingerprint density at radius 2 is 2.00 bits per heavy atom. The molecule has 1 aromatic heterocycles. The van der Waals surface area contributed by atoms with Crippen molar-refractivity contribution in [3.63, 3.8) is 0 Å². The lowest BCUT2D eigenvalue weighted by atomic mass is 10.2. The van der Waals surface area contributed by atoms with Gasteiger partial charge < -0.3 is 10.1 Å². The molecule has 0 spiro atoms. The van der Waals surface area contributed by atoms with Gasteiger partial charge in [-0.1, -0.05) is 39.7 Å². The molecule has 0 aliphatic carbocycles. The second kappa shape index (κ2) is 8.81. The highest BCUT2D eigenvalue weighted by Crippen LogP contribution is 2.26. The molecule has 25 heavy (non-hydrogen) atoms. The van der Waals surface area contributed by atoms with Crippen molar-refractivity contribution in [2.45, 2.75) is 19.7 Å². The minimum atomic E-state index is -0.359. The van der Waals surface area contributed by atoms with E-state index in [1.807, 2.05) is 24.3 Å². The molecule has 0 radical (unpaired) electrons. The Balaban J connectivity index is 1.68. The summed E-state index contributed by atoms with van der Waals surface area (Å²) in [6.45, 7) is 1.53. The summed E-state index contributed by atoms with van der Waals surface area (Å²) in [6.07, 6.45) is 0. The lowest BCUT2D eigenvalue weighted by Gasteiger charge is -2.14. The van der Waals surface area contributed by atoms with Gasteiger partial charge in [0.1, 0.15) is 18.2 Å². The molecule has 3 aromatic rings. The Labute approximate surface area is 163 Å². The molecule has 0 fully saturated rings. The van der Waals surface area contributed by atoms with E-state index in [4.69, 9.17) is 16.3 Å². The molecule has 1 heterocycles. The van der Waals surface area contributed by atoms with E-state index in [0.29, 0.717) is 22.9 Å². The van der Waals surface area contributed by atoms with E-state index in [-0.39, 0.29) is 12.4 Å². The molecule has 6 heteroatoms. The second-order valence-corrected chi connectivity index (χ2v) is 7.78. The normalized spacial score (nSPS) is 10.8. The highest BCUT2D eigenvalue weighted by Gasteiger charge is 2.10. The molecule has 0 unspecified atom stereocenters. The number of ether oxygens (including phenoxy) is 1. The van der Waals surface area contributed by atoms with Crippen LogP contribution in [0.15, 0.2) is 58.4 Å². The Bertz CT molecular complexity index is 821. The predicted octanol–water partition coefficient (Wildman–Crippen LogP) is 6.17. The van der Waals surface area contributed by atoms with Gasteiger partial charge in [-0.3, -0.25) is 0 Å². The van der Waals surface area contributed by atoms with Crippen molar-refractivity contribution < 1.29 is 9.13 Å². The van der Waals surface area contributed by atoms with Gasteiger partial charge in [0.15, 0.2) is 0 Å². The number of halogens is 3. The zero-order valence-corrected chi connectivity index (χ0v) is 16.4. The van der Waals surface area contributed by atoms with Crippen molar-refractivity contribution in [2.24, 2.45) is 0 Å². The monoisotopic (exact) mass is 439 g/mol. The average molecular weight is 441 g/mol. The third-order valence-electron chi connectivity index (χ3n) is 3.65. The average Bonchev–Trinajstić information content (AvgIpc) is 3.09. The van der Waals surface area contributed by atoms with Crippen LogP contribution in [0.1, 0.15) is 16.0 Å². The fourth-order valence-corrected chi connectivity index (χ4v) is 3.68. The summed E-state index contributed by atoms with van der Waals surface area (Å²) < 4.78 is 20.7. The van der Waals surface area contributed by atoms with Gasteiger partial charge in [0.2, 0.25) is 0 Å². The Kier molecular flexibility index (Phi) is 6.48. The van der Waals surface area contributed by atoms with Crippen LogP contribution < -0.4 is 10.1 Å². The van der Waals surface area contributed by atoms with Gasteiger partial charge >= 0.3 is 0 Å². The molecule has 130 valence electrons. The predicted molar refractivity (Wildman–Crippen MR) is 105 cm³/mol. The van der Waals surface area contributed by atoms with Gasteiger partial charge in [0.25, 0.3) is 0 Å². The van der Waals surface area contributed by atoms with E-state index >= 15 is 0 Å². The summed E-state index contributed by atoms with van der Waals surface area (Å²) in [6, 6.07) is 14.5. The van der Waals surface area contributed by atoms with Crippen LogP contribution in [-0.2, 0) is 19.7 Å². The first kappa shape index (κ1) is 18.4. The van der Waals surface area contributed by atoms with Crippen molar-refractivity contribution in [1.82, 2.24) is 5.32 Å². The maximum absolute atomic E-state index is 13.9. The highest BCUT2D eigenvalue weighted by atomic mass is 79.9. The Morgan fingerprint density at radius 3 is 2.76 bits per heavy atom. The summed E-state index contributed by atoms with van der Waals surface area (Å²) in [5.41, 5.74) is 1.36. The quantitative estimate of drug-likeness (QED) is 0.474. The summed E-state index contributed by atoms with van der Waals surface area (Å²) in [5.74, 6) is 0.350. The fourth-order valence-electron chi connectivity index (χ4n) is 2.38. The summed E-state index contributed by atoms with van der Waals surface area (Å²) >= 11 is 11.3. The molecule has 0 saturated heterocycles. The maximum atomic E-state index is 13.9. The number of nitrogens with one attached hydrogen (secondary N) is 1. The van der Waals surface area contributed by atoms with Crippen LogP contribution in [0.5, 0.6) is 5.75 Å². The lowest BCUT2D eigenvalue weighted by Crippen LogP contribution is -2.13. The Morgan fingerprint density at radius 1 is 1.12 bits per heavy atom. The summed E-state index contributed by atoms with van der Waals surface area (Å²) in [5, 5.41) is 5.83. The molecule has 3 rings (SSSR count). The van der Waals surface area contributed by atoms with E-state index in [2.05, 4.69) is 32.7 Å². The number of rotatable bonds is 7. The van der Waals surface area contributed by atoms with Crippen LogP contribution >= 0.6 is 38.9 Å². The maximum Gasteiger partial charge on any atom is 0.131 e. The molecule has 2 aromatic carbocycles. The fraction of sp³-hybridized carbons (Fsp3) is 0.158. The standard InChI is InChI=1S/C19H16BrClFNOS/c20-14-6-7-19(24-12-16-17(21)4-1-5-18(16)22)13(9-14)10-23-11-15-3-2-8-25-15/h1-9,23H,10-12H2. The molecule has 2 nitrogen and oxygen atoms in total. The topological polar surface area (TPSA) is 21.3 Å². The SMILES string of the molecule is Fc1cccc(Cl)c1COc1ccc(Br)cc1CNCc1cccs1. The molecule has 0 aliphatic heterocycles. The van der Waals surface area contributed by atoms with E-state index in [1.165, 1.54) is 10.9 Å². The minimum Gasteiger partial charge on any atom is -0.488 e. The molecular weight excluding hydrogens is 425 g/mol. The molecule has 0 aliphatic rings. The van der Waals surface area contributed by atoms with Crippen molar-refractivity contribution >= 4 is 38.9 Å². The highest BCUT2D eigenvalue weighted by molar-refractivity contribution is 9.10. The van der Waals surface area contributed by atoms with Gasteiger partial charge in [-0.2, -0.15) is 0 Å². The smallest absolute Gasteiger partial charge is 0.131 e. The molecule has 0 saturated carbocycles. The van der Waals surface area contributed by atoms with E-state index in [9.17, 15) is 4.39 Å². The molecule has 0 atom stereocenters. The van der Waals surface area contributed by atoms with E-state index < -0.39 is 0 Å². The number of thiophene rings is 1. The molecule has 0 bridgehead atoms. The number of benzene rings is 2. The van der Waals surface area contributed by atoms with E-state index in [1.54, 1.807) is 23.5 Å². The van der Waals surface area contributed by atoms with Crippen molar-refractivity contribution in [2.75, 3.05) is 0 Å². The van der Waals surface area contributed by atoms with Crippen LogP contribution in [0.4, 0.5) is 4.39 Å². The van der Waals surface area contributed by atoms with Crippen LogP contribution in [-0.4, -0.2) is 0 Å². The Hall–Kier alpha value is -1.40. The first-order chi connectivity index (χ1) is 12.1. The van der Waals surface area contributed by atoms with Crippen LogP contribution in [0.25, 0.3) is 0 Å². The van der Waals surface area contributed by atoms with Crippen molar-refractivity contribution in [3.05, 3.63) is 85.2 Å². The van der Waals surface area contributed by atoms with Crippen LogP contribution in [0, 0.1) is 5.82 Å². The number of hydrogen-bond acceptors (Lipinski definition) is 3. The summed E-state index contributed by atoms with van der Waals surface area (Å²) in [7, 11) is 0. The minimum absolute atomic E-state index is 0.0884. The molecular formula is C19H16BrClFNOS. The third kappa shape index (κ3) is 5.05. The zero-order valence-electron chi connectivity index (χ0n) is 13.3. The van der Waals surface area contributed by atoms with Crippen LogP contribution in [0.3, 0.4) is 0 Å². The molecule has 1 N–H and O–H groups in total. The van der Waals surface area contributed by atoms with Gasteiger partial charge in [0.05, 0.1) is 5.02 Å². The van der Waals surface area contributed by atoms with Gasteiger partial charge in [-0.05, 0) is 41.8 Å². The van der Waals surface area contributed by atoms with Crippen molar-refractivity contribution in [1.29, 1.82) is 0 Å². The zero-order chi connectivity index (χ0) is 17.6. The first-order valence-electron chi connectivity index (χ1n) is 7.70. The van der Waals surface area contributed by atoms with Gasteiger partial charge in [0, 0.05) is 33.6 Å². The molecule has 0 amide bonds. The first-order valence-corrected chi connectivity index (χ1v) is 9.76. The van der Waals surface area contributed by atoms with Gasteiger partial charge in [-0.15, -0.1) is 11.3 Å². The largest absolute Gasteiger partial charge is 0.488 e. The van der Waals surface area contributed by atoms with Crippen LogP contribution in [0.2, 0.25) is 5.02 Å². The van der Waals surface area contributed by atoms with E-state index in [0.717, 1.165) is 16.6 Å². The van der Waals surface area contributed by atoms with Gasteiger partial charge in [-0.25, -0.2) is 4.39 Å². The number of hydrogen-bond donors (Lipinski definition) is 1.